The Balaban J connectivity index is 1.38. The van der Waals surface area contributed by atoms with E-state index in [4.69, 9.17) is 4.42 Å². The van der Waals surface area contributed by atoms with Crippen LogP contribution in [0.25, 0.3) is 0 Å². The number of carbonyl (C=O) groups excluding carboxylic acids is 1. The SMILES string of the molecule is CC(NC(=O)C1CC1c1ccco1)c1cccc(N2CCCC2)c1. The van der Waals surface area contributed by atoms with Gasteiger partial charge < -0.3 is 14.6 Å². The number of anilines is 1. The maximum atomic E-state index is 12.5. The van der Waals surface area contributed by atoms with Gasteiger partial charge in [-0.3, -0.25) is 4.79 Å². The van der Waals surface area contributed by atoms with E-state index in [9.17, 15) is 4.79 Å². The average Bonchev–Trinajstić information content (AvgIpc) is 3.03. The van der Waals surface area contributed by atoms with Crippen LogP contribution in [0.1, 0.15) is 49.5 Å². The molecule has 2 fully saturated rings. The van der Waals surface area contributed by atoms with Gasteiger partial charge in [-0.2, -0.15) is 0 Å². The second-order valence-corrected chi connectivity index (χ2v) is 6.98. The summed E-state index contributed by atoms with van der Waals surface area (Å²) in [5, 5.41) is 3.17. The van der Waals surface area contributed by atoms with Gasteiger partial charge in [0.1, 0.15) is 5.76 Å². The zero-order chi connectivity index (χ0) is 16.5. The minimum atomic E-state index is 0.0258. The Morgan fingerprint density at radius 1 is 1.25 bits per heavy atom. The van der Waals surface area contributed by atoms with Gasteiger partial charge in [0.25, 0.3) is 0 Å². The first-order valence-electron chi connectivity index (χ1n) is 8.91. The van der Waals surface area contributed by atoms with Crippen molar-refractivity contribution in [3.05, 3.63) is 54.0 Å². The molecule has 0 spiro atoms. The van der Waals surface area contributed by atoms with Crippen LogP contribution >= 0.6 is 0 Å². The Morgan fingerprint density at radius 3 is 2.83 bits per heavy atom. The highest BCUT2D eigenvalue weighted by Gasteiger charge is 2.46. The maximum Gasteiger partial charge on any atom is 0.224 e. The number of nitrogens with one attached hydrogen (secondary N) is 1. The van der Waals surface area contributed by atoms with Crippen LogP contribution in [0.4, 0.5) is 5.69 Å². The van der Waals surface area contributed by atoms with Crippen LogP contribution in [0.5, 0.6) is 0 Å². The standard InChI is InChI=1S/C20H24N2O2/c1-14(15-6-4-7-16(12-15)22-9-2-3-10-22)21-20(23)18-13-17(18)19-8-5-11-24-19/h4-8,11-12,14,17-18H,2-3,9-10,13H2,1H3,(H,21,23). The summed E-state index contributed by atoms with van der Waals surface area (Å²) >= 11 is 0. The number of furan rings is 1. The van der Waals surface area contributed by atoms with Crippen molar-refractivity contribution in [2.45, 2.75) is 38.1 Å². The van der Waals surface area contributed by atoms with Gasteiger partial charge in [-0.05, 0) is 56.0 Å². The highest BCUT2D eigenvalue weighted by molar-refractivity contribution is 5.83. The van der Waals surface area contributed by atoms with Gasteiger partial charge >= 0.3 is 0 Å². The van der Waals surface area contributed by atoms with E-state index in [-0.39, 0.29) is 23.8 Å². The third kappa shape index (κ3) is 3.05. The number of nitrogens with zero attached hydrogens (tertiary/aromatic N) is 1. The summed E-state index contributed by atoms with van der Waals surface area (Å²) in [6.07, 6.45) is 5.10. The normalized spacial score (nSPS) is 24.0. The van der Waals surface area contributed by atoms with Crippen molar-refractivity contribution in [1.82, 2.24) is 5.32 Å². The molecule has 1 aliphatic carbocycles. The Bertz CT molecular complexity index is 704. The summed E-state index contributed by atoms with van der Waals surface area (Å²) in [5.74, 6) is 1.37. The molecule has 1 saturated heterocycles. The van der Waals surface area contributed by atoms with E-state index in [1.807, 2.05) is 12.1 Å². The smallest absolute Gasteiger partial charge is 0.224 e. The fraction of sp³-hybridized carbons (Fsp3) is 0.450. The molecule has 1 saturated carbocycles. The lowest BCUT2D eigenvalue weighted by molar-refractivity contribution is -0.123. The summed E-state index contributed by atoms with van der Waals surface area (Å²) in [6, 6.07) is 12.4. The summed E-state index contributed by atoms with van der Waals surface area (Å²) in [7, 11) is 0. The molecule has 1 aromatic carbocycles. The molecule has 0 radical (unpaired) electrons. The summed E-state index contributed by atoms with van der Waals surface area (Å²) in [5.41, 5.74) is 2.44. The molecule has 1 N–H and O–H groups in total. The lowest BCUT2D eigenvalue weighted by atomic mass is 10.1. The van der Waals surface area contributed by atoms with Crippen LogP contribution < -0.4 is 10.2 Å². The summed E-state index contributed by atoms with van der Waals surface area (Å²) < 4.78 is 5.41. The van der Waals surface area contributed by atoms with Gasteiger partial charge in [-0.1, -0.05) is 12.1 Å². The quantitative estimate of drug-likeness (QED) is 0.908. The fourth-order valence-electron chi connectivity index (χ4n) is 3.67. The molecule has 4 heteroatoms. The van der Waals surface area contributed by atoms with Gasteiger partial charge in [-0.25, -0.2) is 0 Å². The van der Waals surface area contributed by atoms with E-state index in [0.717, 1.165) is 25.3 Å². The molecule has 1 amide bonds. The lowest BCUT2D eigenvalue weighted by Crippen LogP contribution is -2.28. The van der Waals surface area contributed by atoms with E-state index in [2.05, 4.69) is 41.4 Å². The molecule has 3 unspecified atom stereocenters. The van der Waals surface area contributed by atoms with Crippen LogP contribution in [0.3, 0.4) is 0 Å². The van der Waals surface area contributed by atoms with Crippen molar-refractivity contribution < 1.29 is 9.21 Å². The maximum absolute atomic E-state index is 12.5. The van der Waals surface area contributed by atoms with Crippen molar-refractivity contribution in [3.63, 3.8) is 0 Å². The number of rotatable bonds is 5. The van der Waals surface area contributed by atoms with E-state index < -0.39 is 0 Å². The lowest BCUT2D eigenvalue weighted by Gasteiger charge is -2.20. The van der Waals surface area contributed by atoms with Crippen molar-refractivity contribution in [3.8, 4) is 0 Å². The average molecular weight is 324 g/mol. The first kappa shape index (κ1) is 15.3. The van der Waals surface area contributed by atoms with E-state index >= 15 is 0 Å². The predicted molar refractivity (Wildman–Crippen MR) is 94.0 cm³/mol. The van der Waals surface area contributed by atoms with Gasteiger partial charge in [0.05, 0.1) is 12.3 Å². The molecule has 1 aliphatic heterocycles. The fourth-order valence-corrected chi connectivity index (χ4v) is 3.67. The number of benzene rings is 1. The zero-order valence-corrected chi connectivity index (χ0v) is 14.1. The van der Waals surface area contributed by atoms with E-state index in [0.29, 0.717) is 0 Å². The Hall–Kier alpha value is -2.23. The highest BCUT2D eigenvalue weighted by atomic mass is 16.3. The molecule has 1 aromatic heterocycles. The van der Waals surface area contributed by atoms with Crippen LogP contribution in [-0.4, -0.2) is 19.0 Å². The molecule has 2 aliphatic rings. The molecule has 4 nitrogen and oxygen atoms in total. The Labute approximate surface area is 142 Å². The highest BCUT2D eigenvalue weighted by Crippen LogP contribution is 2.47. The molecule has 3 atom stereocenters. The summed E-state index contributed by atoms with van der Waals surface area (Å²) in [4.78, 5) is 14.9. The van der Waals surface area contributed by atoms with Gasteiger partial charge in [0, 0.05) is 30.6 Å². The van der Waals surface area contributed by atoms with Gasteiger partial charge in [0.15, 0.2) is 0 Å². The van der Waals surface area contributed by atoms with Crippen LogP contribution in [-0.2, 0) is 4.79 Å². The molecule has 2 aromatic rings. The number of hydrogen-bond donors (Lipinski definition) is 1. The number of carbonyl (C=O) groups is 1. The van der Waals surface area contributed by atoms with Gasteiger partial charge in [-0.15, -0.1) is 0 Å². The molecule has 0 bridgehead atoms. The Kier molecular flexibility index (Phi) is 4.05. The number of hydrogen-bond acceptors (Lipinski definition) is 3. The van der Waals surface area contributed by atoms with Crippen LogP contribution in [0.2, 0.25) is 0 Å². The van der Waals surface area contributed by atoms with Gasteiger partial charge in [0.2, 0.25) is 5.91 Å². The van der Waals surface area contributed by atoms with Crippen molar-refractivity contribution in [1.29, 1.82) is 0 Å². The molecule has 2 heterocycles. The van der Waals surface area contributed by atoms with Crippen molar-refractivity contribution in [2.24, 2.45) is 5.92 Å². The van der Waals surface area contributed by atoms with Crippen molar-refractivity contribution >= 4 is 11.6 Å². The molecule has 24 heavy (non-hydrogen) atoms. The Morgan fingerprint density at radius 2 is 2.08 bits per heavy atom. The second-order valence-electron chi connectivity index (χ2n) is 6.98. The molecular formula is C20H24N2O2. The third-order valence-corrected chi connectivity index (χ3v) is 5.24. The second kappa shape index (κ2) is 6.34. The van der Waals surface area contributed by atoms with Crippen LogP contribution in [0, 0.1) is 5.92 Å². The zero-order valence-electron chi connectivity index (χ0n) is 14.1. The van der Waals surface area contributed by atoms with Crippen LogP contribution in [0.15, 0.2) is 47.1 Å². The van der Waals surface area contributed by atoms with E-state index in [1.165, 1.54) is 24.1 Å². The topological polar surface area (TPSA) is 45.5 Å². The third-order valence-electron chi connectivity index (χ3n) is 5.24. The first-order valence-corrected chi connectivity index (χ1v) is 8.91. The largest absolute Gasteiger partial charge is 0.469 e. The minimum absolute atomic E-state index is 0.0258. The molecular weight excluding hydrogens is 300 g/mol. The van der Waals surface area contributed by atoms with E-state index in [1.54, 1.807) is 6.26 Å². The summed E-state index contributed by atoms with van der Waals surface area (Å²) in [6.45, 7) is 4.33. The minimum Gasteiger partial charge on any atom is -0.469 e. The predicted octanol–water partition coefficient (Wildman–Crippen LogP) is 3.86. The van der Waals surface area contributed by atoms with Crippen molar-refractivity contribution in [2.75, 3.05) is 18.0 Å². The first-order chi connectivity index (χ1) is 11.7. The molecule has 4 rings (SSSR count). The molecule has 126 valence electrons. The monoisotopic (exact) mass is 324 g/mol. The number of amides is 1.